The number of halogens is 1. The third-order valence-corrected chi connectivity index (χ3v) is 3.93. The lowest BCUT2D eigenvalue weighted by Gasteiger charge is -2.16. The van der Waals surface area contributed by atoms with Gasteiger partial charge in [-0.05, 0) is 42.1 Å². The van der Waals surface area contributed by atoms with E-state index in [0.717, 1.165) is 18.0 Å². The zero-order valence-electron chi connectivity index (χ0n) is 9.82. The van der Waals surface area contributed by atoms with Crippen LogP contribution < -0.4 is 5.32 Å². The highest BCUT2D eigenvalue weighted by atomic mass is 35.5. The van der Waals surface area contributed by atoms with Crippen molar-refractivity contribution in [3.05, 3.63) is 57.2 Å². The Kier molecular flexibility index (Phi) is 4.60. The van der Waals surface area contributed by atoms with Gasteiger partial charge in [0.25, 0.3) is 0 Å². The van der Waals surface area contributed by atoms with E-state index in [1.807, 2.05) is 12.1 Å². The molecule has 2 aromatic rings. The summed E-state index contributed by atoms with van der Waals surface area (Å²) in [6.45, 7) is 3.12. The van der Waals surface area contributed by atoms with Crippen LogP contribution in [0.3, 0.4) is 0 Å². The predicted molar refractivity (Wildman–Crippen MR) is 75.9 cm³/mol. The van der Waals surface area contributed by atoms with E-state index in [-0.39, 0.29) is 0 Å². The first-order chi connectivity index (χ1) is 8.29. The molecule has 1 N–H and O–H groups in total. The van der Waals surface area contributed by atoms with Crippen LogP contribution in [0.1, 0.15) is 23.4 Å². The minimum Gasteiger partial charge on any atom is -0.309 e. The predicted octanol–water partition coefficient (Wildman–Crippen LogP) is 4.29. The normalized spacial score (nSPS) is 12.6. The summed E-state index contributed by atoms with van der Waals surface area (Å²) < 4.78 is 0. The molecule has 17 heavy (non-hydrogen) atoms. The summed E-state index contributed by atoms with van der Waals surface area (Å²) in [4.78, 5) is 1.39. The number of likely N-dealkylation sites (N-methyl/N-ethyl adjacent to an activating group) is 1. The van der Waals surface area contributed by atoms with Gasteiger partial charge in [-0.15, -0.1) is 11.3 Å². The van der Waals surface area contributed by atoms with Crippen molar-refractivity contribution in [3.8, 4) is 0 Å². The van der Waals surface area contributed by atoms with Gasteiger partial charge in [0.1, 0.15) is 0 Å². The van der Waals surface area contributed by atoms with Crippen molar-refractivity contribution in [3.63, 3.8) is 0 Å². The number of thiophene rings is 1. The quantitative estimate of drug-likeness (QED) is 0.850. The third-order valence-electron chi connectivity index (χ3n) is 2.69. The van der Waals surface area contributed by atoms with Gasteiger partial charge in [-0.25, -0.2) is 0 Å². The van der Waals surface area contributed by atoms with Crippen LogP contribution >= 0.6 is 22.9 Å². The second-order valence-electron chi connectivity index (χ2n) is 3.96. The van der Waals surface area contributed by atoms with Crippen molar-refractivity contribution < 1.29 is 0 Å². The number of nitrogens with one attached hydrogen (secondary N) is 1. The molecule has 90 valence electrons. The van der Waals surface area contributed by atoms with Crippen LogP contribution in [0.5, 0.6) is 0 Å². The molecular formula is C14H16ClNS. The van der Waals surface area contributed by atoms with E-state index in [1.165, 1.54) is 10.4 Å². The van der Waals surface area contributed by atoms with Gasteiger partial charge in [0.05, 0.1) is 0 Å². The number of hydrogen-bond donors (Lipinski definition) is 1. The van der Waals surface area contributed by atoms with E-state index in [1.54, 1.807) is 11.3 Å². The first-order valence-corrected chi connectivity index (χ1v) is 7.06. The van der Waals surface area contributed by atoms with Crippen molar-refractivity contribution in [1.29, 1.82) is 0 Å². The van der Waals surface area contributed by atoms with E-state index in [4.69, 9.17) is 11.6 Å². The van der Waals surface area contributed by atoms with E-state index in [2.05, 4.69) is 41.9 Å². The monoisotopic (exact) mass is 265 g/mol. The Morgan fingerprint density at radius 1 is 1.24 bits per heavy atom. The second-order valence-corrected chi connectivity index (χ2v) is 5.37. The Bertz CT molecular complexity index is 436. The summed E-state index contributed by atoms with van der Waals surface area (Å²) in [6.07, 6.45) is 1.01. The topological polar surface area (TPSA) is 12.0 Å². The molecule has 0 aliphatic carbocycles. The van der Waals surface area contributed by atoms with Crippen LogP contribution in [0, 0.1) is 0 Å². The van der Waals surface area contributed by atoms with E-state index < -0.39 is 0 Å². The summed E-state index contributed by atoms with van der Waals surface area (Å²) in [6, 6.07) is 12.8. The molecule has 1 atom stereocenters. The van der Waals surface area contributed by atoms with Crippen LogP contribution in [-0.4, -0.2) is 6.54 Å². The fourth-order valence-electron chi connectivity index (χ4n) is 1.87. The second kappa shape index (κ2) is 6.20. The van der Waals surface area contributed by atoms with Gasteiger partial charge in [-0.2, -0.15) is 0 Å². The summed E-state index contributed by atoms with van der Waals surface area (Å²) in [5, 5.41) is 6.45. The molecule has 1 aromatic carbocycles. The average molecular weight is 266 g/mol. The summed E-state index contributed by atoms with van der Waals surface area (Å²) in [7, 11) is 0. The van der Waals surface area contributed by atoms with Gasteiger partial charge in [0.2, 0.25) is 0 Å². The maximum atomic E-state index is 5.90. The Hall–Kier alpha value is -0.830. The SMILES string of the molecule is CCNC(Cc1ccc(Cl)cc1)c1cccs1. The third kappa shape index (κ3) is 3.56. The molecule has 1 nitrogen and oxygen atoms in total. The molecular weight excluding hydrogens is 250 g/mol. The fourth-order valence-corrected chi connectivity index (χ4v) is 2.79. The average Bonchev–Trinajstić information content (AvgIpc) is 2.85. The van der Waals surface area contributed by atoms with Gasteiger partial charge >= 0.3 is 0 Å². The van der Waals surface area contributed by atoms with Crippen molar-refractivity contribution in [2.45, 2.75) is 19.4 Å². The Labute approximate surface area is 111 Å². The van der Waals surface area contributed by atoms with Gasteiger partial charge in [-0.1, -0.05) is 36.7 Å². The van der Waals surface area contributed by atoms with Crippen molar-refractivity contribution in [2.75, 3.05) is 6.54 Å². The largest absolute Gasteiger partial charge is 0.309 e. The highest BCUT2D eigenvalue weighted by molar-refractivity contribution is 7.10. The molecule has 0 amide bonds. The molecule has 1 heterocycles. The molecule has 0 aliphatic heterocycles. The fraction of sp³-hybridized carbons (Fsp3) is 0.286. The summed E-state index contributed by atoms with van der Waals surface area (Å²) >= 11 is 7.70. The first-order valence-electron chi connectivity index (χ1n) is 5.81. The molecule has 0 spiro atoms. The van der Waals surface area contributed by atoms with Crippen LogP contribution in [0.2, 0.25) is 5.02 Å². The zero-order valence-corrected chi connectivity index (χ0v) is 11.4. The van der Waals surface area contributed by atoms with Crippen molar-refractivity contribution >= 4 is 22.9 Å². The highest BCUT2D eigenvalue weighted by Crippen LogP contribution is 2.23. The Morgan fingerprint density at radius 2 is 2.00 bits per heavy atom. The van der Waals surface area contributed by atoms with Crippen molar-refractivity contribution in [1.82, 2.24) is 5.32 Å². The van der Waals surface area contributed by atoms with Crippen molar-refractivity contribution in [2.24, 2.45) is 0 Å². The lowest BCUT2D eigenvalue weighted by molar-refractivity contribution is 0.558. The molecule has 0 bridgehead atoms. The van der Waals surface area contributed by atoms with E-state index in [0.29, 0.717) is 6.04 Å². The molecule has 0 saturated heterocycles. The molecule has 1 aromatic heterocycles. The van der Waals surface area contributed by atoms with Crippen LogP contribution in [-0.2, 0) is 6.42 Å². The van der Waals surface area contributed by atoms with Gasteiger partial charge in [0, 0.05) is 15.9 Å². The lowest BCUT2D eigenvalue weighted by atomic mass is 10.0. The molecule has 0 radical (unpaired) electrons. The molecule has 0 aliphatic rings. The molecule has 0 saturated carbocycles. The zero-order chi connectivity index (χ0) is 12.1. The molecule has 1 unspecified atom stereocenters. The number of benzene rings is 1. The lowest BCUT2D eigenvalue weighted by Crippen LogP contribution is -2.22. The minimum absolute atomic E-state index is 0.404. The molecule has 0 fully saturated rings. The minimum atomic E-state index is 0.404. The maximum Gasteiger partial charge on any atom is 0.0455 e. The maximum absolute atomic E-state index is 5.90. The number of rotatable bonds is 5. The number of hydrogen-bond acceptors (Lipinski definition) is 2. The smallest absolute Gasteiger partial charge is 0.0455 e. The van der Waals surface area contributed by atoms with Gasteiger partial charge in [0.15, 0.2) is 0 Å². The first kappa shape index (κ1) is 12.6. The van der Waals surface area contributed by atoms with Gasteiger partial charge in [-0.3, -0.25) is 0 Å². The van der Waals surface area contributed by atoms with E-state index >= 15 is 0 Å². The van der Waals surface area contributed by atoms with Crippen LogP contribution in [0.15, 0.2) is 41.8 Å². The summed E-state index contributed by atoms with van der Waals surface area (Å²) in [5.74, 6) is 0. The van der Waals surface area contributed by atoms with E-state index in [9.17, 15) is 0 Å². The molecule has 2 rings (SSSR count). The van der Waals surface area contributed by atoms with Crippen LogP contribution in [0.4, 0.5) is 0 Å². The molecule has 3 heteroatoms. The van der Waals surface area contributed by atoms with Gasteiger partial charge < -0.3 is 5.32 Å². The Balaban J connectivity index is 2.10. The Morgan fingerprint density at radius 3 is 2.59 bits per heavy atom. The standard InChI is InChI=1S/C14H16ClNS/c1-2-16-13(14-4-3-9-17-14)10-11-5-7-12(15)8-6-11/h3-9,13,16H,2,10H2,1H3. The highest BCUT2D eigenvalue weighted by Gasteiger charge is 2.11. The summed E-state index contributed by atoms with van der Waals surface area (Å²) in [5.41, 5.74) is 1.31. The van der Waals surface area contributed by atoms with Crippen LogP contribution in [0.25, 0.3) is 0 Å².